The Hall–Kier alpha value is -1.64. The van der Waals surface area contributed by atoms with Crippen molar-refractivity contribution in [3.63, 3.8) is 0 Å². The Bertz CT molecular complexity index is 359. The summed E-state index contributed by atoms with van der Waals surface area (Å²) in [5, 5.41) is 5.37. The smallest absolute Gasteiger partial charge is 0.258 e. The number of hydrogen-bond acceptors (Lipinski definition) is 3. The van der Waals surface area contributed by atoms with Crippen molar-refractivity contribution in [1.82, 2.24) is 0 Å². The van der Waals surface area contributed by atoms with Crippen LogP contribution >= 0.6 is 0 Å². The number of hydrazone groups is 1. The van der Waals surface area contributed by atoms with Crippen LogP contribution in [0.4, 0.5) is 5.69 Å². The van der Waals surface area contributed by atoms with Gasteiger partial charge in [-0.1, -0.05) is 23.3 Å². The van der Waals surface area contributed by atoms with E-state index in [9.17, 15) is 4.79 Å². The van der Waals surface area contributed by atoms with Gasteiger partial charge in [-0.25, -0.2) is 4.79 Å². The SMILES string of the molecule is O.O=C=NN1CCCc2ccccc21. The molecule has 1 aliphatic rings. The lowest BCUT2D eigenvalue weighted by Crippen LogP contribution is -2.23. The van der Waals surface area contributed by atoms with Crippen LogP contribution in [0.1, 0.15) is 12.0 Å². The van der Waals surface area contributed by atoms with E-state index in [1.807, 2.05) is 18.2 Å². The molecule has 1 aromatic carbocycles. The predicted molar refractivity (Wildman–Crippen MR) is 53.8 cm³/mol. The molecule has 0 fully saturated rings. The molecule has 0 atom stereocenters. The summed E-state index contributed by atoms with van der Waals surface area (Å²) in [6, 6.07) is 8.02. The number of fused-ring (bicyclic) bond motifs is 1. The molecule has 0 aliphatic carbocycles. The van der Waals surface area contributed by atoms with Gasteiger partial charge in [-0.3, -0.25) is 5.01 Å². The van der Waals surface area contributed by atoms with Gasteiger partial charge in [0.05, 0.1) is 5.69 Å². The van der Waals surface area contributed by atoms with Crippen molar-refractivity contribution in [2.45, 2.75) is 12.8 Å². The highest BCUT2D eigenvalue weighted by atomic mass is 16.1. The lowest BCUT2D eigenvalue weighted by molar-refractivity contribution is 0.560. The van der Waals surface area contributed by atoms with Gasteiger partial charge in [-0.05, 0) is 24.5 Å². The number of rotatable bonds is 1. The van der Waals surface area contributed by atoms with Crippen molar-refractivity contribution < 1.29 is 10.3 Å². The summed E-state index contributed by atoms with van der Waals surface area (Å²) in [5.41, 5.74) is 2.30. The summed E-state index contributed by atoms with van der Waals surface area (Å²) in [7, 11) is 0. The van der Waals surface area contributed by atoms with Gasteiger partial charge < -0.3 is 5.48 Å². The monoisotopic (exact) mass is 192 g/mol. The Morgan fingerprint density at radius 2 is 2.14 bits per heavy atom. The Morgan fingerprint density at radius 3 is 2.93 bits per heavy atom. The van der Waals surface area contributed by atoms with Gasteiger partial charge in [0.1, 0.15) is 0 Å². The van der Waals surface area contributed by atoms with E-state index in [0.29, 0.717) is 0 Å². The van der Waals surface area contributed by atoms with Crippen molar-refractivity contribution in [3.05, 3.63) is 29.8 Å². The molecule has 4 heteroatoms. The molecular weight excluding hydrogens is 180 g/mol. The van der Waals surface area contributed by atoms with Gasteiger partial charge in [0.2, 0.25) is 0 Å². The second-order valence-corrected chi connectivity index (χ2v) is 3.05. The first-order valence-corrected chi connectivity index (χ1v) is 4.35. The lowest BCUT2D eigenvalue weighted by Gasteiger charge is -2.24. The average molecular weight is 192 g/mol. The highest BCUT2D eigenvalue weighted by molar-refractivity contribution is 5.56. The summed E-state index contributed by atoms with van der Waals surface area (Å²) >= 11 is 0. The van der Waals surface area contributed by atoms with Crippen LogP contribution < -0.4 is 5.01 Å². The quantitative estimate of drug-likeness (QED) is 0.489. The van der Waals surface area contributed by atoms with Crippen LogP contribution in [0.5, 0.6) is 0 Å². The first kappa shape index (κ1) is 10.4. The Morgan fingerprint density at radius 1 is 1.36 bits per heavy atom. The van der Waals surface area contributed by atoms with E-state index >= 15 is 0 Å². The summed E-state index contributed by atoms with van der Waals surface area (Å²) in [6.45, 7) is 0.812. The fourth-order valence-corrected chi connectivity index (χ4v) is 1.67. The zero-order valence-corrected chi connectivity index (χ0v) is 7.73. The molecule has 1 aromatic rings. The summed E-state index contributed by atoms with van der Waals surface area (Å²) in [4.78, 5) is 10.1. The number of nitrogens with zero attached hydrogens (tertiary/aromatic N) is 2. The van der Waals surface area contributed by atoms with E-state index in [1.165, 1.54) is 5.56 Å². The topological polar surface area (TPSA) is 64.2 Å². The third-order valence-electron chi connectivity index (χ3n) is 2.25. The first-order valence-electron chi connectivity index (χ1n) is 4.35. The zero-order chi connectivity index (χ0) is 9.10. The van der Waals surface area contributed by atoms with E-state index in [0.717, 1.165) is 25.1 Å². The van der Waals surface area contributed by atoms with Gasteiger partial charge in [0, 0.05) is 6.54 Å². The molecule has 2 N–H and O–H groups in total. The van der Waals surface area contributed by atoms with Crippen LogP contribution in [0, 0.1) is 0 Å². The summed E-state index contributed by atoms with van der Waals surface area (Å²) in [5.74, 6) is 0. The first-order chi connectivity index (χ1) is 6.42. The fraction of sp³-hybridized carbons (Fsp3) is 0.300. The summed E-state index contributed by atoms with van der Waals surface area (Å²) < 4.78 is 0. The fourth-order valence-electron chi connectivity index (χ4n) is 1.67. The molecular formula is C10H12N2O2. The molecule has 0 aromatic heterocycles. The van der Waals surface area contributed by atoms with Crippen molar-refractivity contribution in [2.24, 2.45) is 5.10 Å². The van der Waals surface area contributed by atoms with Crippen LogP contribution in [0.3, 0.4) is 0 Å². The maximum atomic E-state index is 10.1. The number of hydrogen-bond donors (Lipinski definition) is 0. The van der Waals surface area contributed by atoms with E-state index in [2.05, 4.69) is 11.2 Å². The zero-order valence-electron chi connectivity index (χ0n) is 7.73. The van der Waals surface area contributed by atoms with Crippen LogP contribution in [-0.2, 0) is 11.2 Å². The normalized spacial score (nSPS) is 13.6. The number of isocyanates is 1. The number of aryl methyl sites for hydroxylation is 1. The molecule has 0 bridgehead atoms. The van der Waals surface area contributed by atoms with Gasteiger partial charge in [0.25, 0.3) is 6.08 Å². The number of para-hydroxylation sites is 1. The van der Waals surface area contributed by atoms with E-state index < -0.39 is 0 Å². The van der Waals surface area contributed by atoms with Gasteiger partial charge >= 0.3 is 0 Å². The average Bonchev–Trinajstić information content (AvgIpc) is 2.19. The predicted octanol–water partition coefficient (Wildman–Crippen LogP) is 0.865. The van der Waals surface area contributed by atoms with Gasteiger partial charge in [-0.15, -0.1) is 0 Å². The number of carbonyl (C=O) groups excluding carboxylic acids is 1. The molecule has 74 valence electrons. The van der Waals surface area contributed by atoms with Crippen molar-refractivity contribution in [1.29, 1.82) is 0 Å². The van der Waals surface area contributed by atoms with Crippen LogP contribution in [0.2, 0.25) is 0 Å². The highest BCUT2D eigenvalue weighted by Crippen LogP contribution is 2.26. The minimum absolute atomic E-state index is 0. The summed E-state index contributed by atoms with van der Waals surface area (Å²) in [6.07, 6.45) is 3.69. The lowest BCUT2D eigenvalue weighted by atomic mass is 10.0. The largest absolute Gasteiger partial charge is 0.412 e. The molecule has 0 amide bonds. The molecule has 1 heterocycles. The van der Waals surface area contributed by atoms with E-state index in [4.69, 9.17) is 0 Å². The minimum atomic E-state index is 0. The third-order valence-corrected chi connectivity index (χ3v) is 2.25. The molecule has 1 aliphatic heterocycles. The molecule has 0 radical (unpaired) electrons. The molecule has 14 heavy (non-hydrogen) atoms. The Kier molecular flexibility index (Phi) is 3.40. The van der Waals surface area contributed by atoms with Crippen LogP contribution in [-0.4, -0.2) is 18.1 Å². The van der Waals surface area contributed by atoms with E-state index in [-0.39, 0.29) is 5.48 Å². The standard InChI is InChI=1S/C10H10N2O.H2O/c13-8-11-12-7-3-5-9-4-1-2-6-10(9)12;/h1-2,4,6H,3,5,7H2;1H2. The van der Waals surface area contributed by atoms with Gasteiger partial charge in [0.15, 0.2) is 0 Å². The van der Waals surface area contributed by atoms with Crippen molar-refractivity contribution in [3.8, 4) is 0 Å². The second kappa shape index (κ2) is 4.56. The van der Waals surface area contributed by atoms with Gasteiger partial charge in [-0.2, -0.15) is 0 Å². The number of anilines is 1. The molecule has 0 spiro atoms. The maximum Gasteiger partial charge on any atom is 0.258 e. The Labute approximate surface area is 82.2 Å². The molecule has 0 saturated heterocycles. The van der Waals surface area contributed by atoms with Crippen LogP contribution in [0.15, 0.2) is 29.4 Å². The molecule has 0 saturated carbocycles. The molecule has 0 unspecified atom stereocenters. The van der Waals surface area contributed by atoms with Crippen molar-refractivity contribution in [2.75, 3.05) is 11.6 Å². The maximum absolute atomic E-state index is 10.1. The minimum Gasteiger partial charge on any atom is -0.412 e. The molecule has 4 nitrogen and oxygen atoms in total. The molecule has 2 rings (SSSR count). The third kappa shape index (κ3) is 1.82. The number of benzene rings is 1. The second-order valence-electron chi connectivity index (χ2n) is 3.05. The van der Waals surface area contributed by atoms with E-state index in [1.54, 1.807) is 11.1 Å². The van der Waals surface area contributed by atoms with Crippen LogP contribution in [0.25, 0.3) is 0 Å². The highest BCUT2D eigenvalue weighted by Gasteiger charge is 2.14. The Balaban J connectivity index is 0.000000980. The van der Waals surface area contributed by atoms with Crippen molar-refractivity contribution >= 4 is 11.8 Å².